The summed E-state index contributed by atoms with van der Waals surface area (Å²) in [4.78, 5) is 14.0. The van der Waals surface area contributed by atoms with E-state index in [1.54, 1.807) is 53.6 Å². The van der Waals surface area contributed by atoms with Crippen molar-refractivity contribution in [2.75, 3.05) is 0 Å². The number of ketones is 1. The molecule has 0 radical (unpaired) electrons. The normalized spacial score (nSPS) is 11.9. The van der Waals surface area contributed by atoms with Crippen molar-refractivity contribution in [1.82, 2.24) is 5.32 Å². The molecule has 0 spiro atoms. The van der Waals surface area contributed by atoms with Gasteiger partial charge in [-0.15, -0.1) is 11.3 Å². The first-order chi connectivity index (χ1) is 12.6. The summed E-state index contributed by atoms with van der Waals surface area (Å²) in [5, 5.41) is 12.5. The van der Waals surface area contributed by atoms with E-state index in [-0.39, 0.29) is 12.4 Å². The first-order valence-corrected chi connectivity index (χ1v) is 9.39. The lowest BCUT2D eigenvalue weighted by Gasteiger charge is -2.14. The Balaban J connectivity index is 1.89. The lowest BCUT2D eigenvalue weighted by molar-refractivity contribution is -0.692. The number of halogens is 1. The van der Waals surface area contributed by atoms with Gasteiger partial charge in [0, 0.05) is 11.6 Å². The predicted molar refractivity (Wildman–Crippen MR) is 103 cm³/mol. The van der Waals surface area contributed by atoms with Gasteiger partial charge >= 0.3 is 0 Å². The number of furan rings is 1. The number of Topliss-reactive ketones (excluding diaryl/α,β-unsaturated/α-hetero) is 1. The Labute approximate surface area is 164 Å². The summed E-state index contributed by atoms with van der Waals surface area (Å²) in [6.45, 7) is 0.250. The molecule has 134 valence electrons. The predicted octanol–water partition coefficient (Wildman–Crippen LogP) is 3.32. The fourth-order valence-electron chi connectivity index (χ4n) is 2.45. The van der Waals surface area contributed by atoms with Crippen LogP contribution in [-0.4, -0.2) is 15.9 Å². The van der Waals surface area contributed by atoms with Crippen molar-refractivity contribution < 1.29 is 18.9 Å². The van der Waals surface area contributed by atoms with Gasteiger partial charge in [0.2, 0.25) is 5.78 Å². The number of carbonyl (C=O) groups excluding carboxylic acids is 1. The standard InChI is InChI=1S/C18H15ClN2O3S2/c19-15-6-5-14(26-15)17(23)16(21-7-1-3-12(10-21)11-22)18(25)20-9-13-4-2-8-24-13/h1-8,10,16,22H,9,11H2/p+1/t16-/m1/s1. The fraction of sp³-hybridized carbons (Fsp3) is 0.167. The molecule has 3 rings (SSSR count). The largest absolute Gasteiger partial charge is 0.467 e. The van der Waals surface area contributed by atoms with Gasteiger partial charge in [-0.1, -0.05) is 23.8 Å². The lowest BCUT2D eigenvalue weighted by atomic mass is 10.1. The monoisotopic (exact) mass is 407 g/mol. The lowest BCUT2D eigenvalue weighted by Crippen LogP contribution is -2.51. The molecule has 3 aromatic heterocycles. The van der Waals surface area contributed by atoms with Crippen LogP contribution >= 0.6 is 35.2 Å². The maximum absolute atomic E-state index is 13.1. The van der Waals surface area contributed by atoms with Gasteiger partial charge in [0.05, 0.1) is 28.6 Å². The molecule has 3 heterocycles. The summed E-state index contributed by atoms with van der Waals surface area (Å²) in [6.07, 6.45) is 5.03. The van der Waals surface area contributed by atoms with Gasteiger partial charge in [0.15, 0.2) is 17.4 Å². The number of thiophene rings is 1. The minimum atomic E-state index is -0.749. The minimum Gasteiger partial charge on any atom is -0.467 e. The molecule has 0 amide bonds. The number of hydrogen-bond donors (Lipinski definition) is 2. The van der Waals surface area contributed by atoms with Crippen LogP contribution in [0.25, 0.3) is 0 Å². The molecule has 0 aliphatic rings. The van der Waals surface area contributed by atoms with Crippen LogP contribution < -0.4 is 9.88 Å². The fourth-order valence-corrected chi connectivity index (χ4v) is 3.76. The number of carbonyl (C=O) groups is 1. The molecule has 3 aromatic rings. The number of rotatable bonds is 7. The summed E-state index contributed by atoms with van der Waals surface area (Å²) in [7, 11) is 0. The summed E-state index contributed by atoms with van der Waals surface area (Å²) in [5.74, 6) is 0.547. The highest BCUT2D eigenvalue weighted by Gasteiger charge is 2.34. The summed E-state index contributed by atoms with van der Waals surface area (Å²) in [5.41, 5.74) is 0.684. The Morgan fingerprint density at radius 3 is 2.85 bits per heavy atom. The quantitative estimate of drug-likeness (QED) is 0.357. The molecule has 8 heteroatoms. The Kier molecular flexibility index (Phi) is 6.16. The second kappa shape index (κ2) is 8.55. The first kappa shape index (κ1) is 18.7. The molecule has 0 aliphatic carbocycles. The van der Waals surface area contributed by atoms with E-state index in [1.165, 1.54) is 11.3 Å². The second-order valence-corrected chi connectivity index (χ2v) is 7.64. The van der Waals surface area contributed by atoms with Crippen molar-refractivity contribution in [2.45, 2.75) is 19.2 Å². The maximum Gasteiger partial charge on any atom is 0.271 e. The van der Waals surface area contributed by atoms with Crippen LogP contribution in [-0.2, 0) is 13.2 Å². The number of thiocarbonyl (C=S) groups is 1. The molecule has 0 bridgehead atoms. The van der Waals surface area contributed by atoms with Crippen molar-refractivity contribution in [2.24, 2.45) is 0 Å². The summed E-state index contributed by atoms with van der Waals surface area (Å²) < 4.78 is 7.52. The third-order valence-electron chi connectivity index (χ3n) is 3.69. The van der Waals surface area contributed by atoms with E-state index < -0.39 is 6.04 Å². The summed E-state index contributed by atoms with van der Waals surface area (Å²) >= 11 is 12.7. The molecule has 5 nitrogen and oxygen atoms in total. The van der Waals surface area contributed by atoms with Gasteiger partial charge in [-0.25, -0.2) is 0 Å². The van der Waals surface area contributed by atoms with Crippen molar-refractivity contribution in [3.63, 3.8) is 0 Å². The summed E-state index contributed by atoms with van der Waals surface area (Å²) in [6, 6.07) is 9.78. The molecule has 0 fully saturated rings. The number of aliphatic hydroxyl groups is 1. The zero-order chi connectivity index (χ0) is 18.5. The average Bonchev–Trinajstić information content (AvgIpc) is 3.32. The van der Waals surface area contributed by atoms with Crippen molar-refractivity contribution in [3.8, 4) is 0 Å². The molecular formula is C18H16ClN2O3S2+. The molecule has 0 aliphatic heterocycles. The highest BCUT2D eigenvalue weighted by molar-refractivity contribution is 7.80. The van der Waals surface area contributed by atoms with Gasteiger partial charge in [-0.3, -0.25) is 4.79 Å². The molecule has 0 saturated heterocycles. The molecule has 2 N–H and O–H groups in total. The average molecular weight is 408 g/mol. The molecule has 26 heavy (non-hydrogen) atoms. The molecular weight excluding hydrogens is 392 g/mol. The van der Waals surface area contributed by atoms with E-state index >= 15 is 0 Å². The molecule has 0 aromatic carbocycles. The van der Waals surface area contributed by atoms with Gasteiger partial charge in [-0.2, -0.15) is 4.57 Å². The number of pyridine rings is 1. The molecule has 1 atom stereocenters. The van der Waals surface area contributed by atoms with E-state index in [0.29, 0.717) is 32.1 Å². The smallest absolute Gasteiger partial charge is 0.271 e. The molecule has 0 unspecified atom stereocenters. The van der Waals surface area contributed by atoms with Gasteiger partial charge in [-0.05, 0) is 30.3 Å². The van der Waals surface area contributed by atoms with Crippen LogP contribution in [0.15, 0.2) is 59.5 Å². The Morgan fingerprint density at radius 1 is 1.35 bits per heavy atom. The van der Waals surface area contributed by atoms with Crippen LogP contribution in [0.4, 0.5) is 0 Å². The van der Waals surface area contributed by atoms with Crippen LogP contribution in [0.5, 0.6) is 0 Å². The van der Waals surface area contributed by atoms with E-state index in [2.05, 4.69) is 5.32 Å². The van der Waals surface area contributed by atoms with Crippen LogP contribution in [0.2, 0.25) is 4.34 Å². The Bertz CT molecular complexity index is 909. The van der Waals surface area contributed by atoms with E-state index in [4.69, 9.17) is 28.2 Å². The van der Waals surface area contributed by atoms with Crippen LogP contribution in [0, 0.1) is 0 Å². The van der Waals surface area contributed by atoms with Crippen molar-refractivity contribution in [1.29, 1.82) is 0 Å². The third kappa shape index (κ3) is 4.37. The number of nitrogens with zero attached hydrogens (tertiary/aromatic N) is 1. The molecule has 0 saturated carbocycles. The Hall–Kier alpha value is -2.06. The third-order valence-corrected chi connectivity index (χ3v) is 5.31. The zero-order valence-electron chi connectivity index (χ0n) is 13.6. The number of nitrogens with one attached hydrogen (secondary N) is 1. The topological polar surface area (TPSA) is 66.4 Å². The van der Waals surface area contributed by atoms with Gasteiger partial charge in [0.25, 0.3) is 6.04 Å². The van der Waals surface area contributed by atoms with Gasteiger partial charge < -0.3 is 14.8 Å². The highest BCUT2D eigenvalue weighted by Crippen LogP contribution is 2.24. The highest BCUT2D eigenvalue weighted by atomic mass is 35.5. The Morgan fingerprint density at radius 2 is 2.19 bits per heavy atom. The number of aromatic nitrogens is 1. The van der Waals surface area contributed by atoms with Crippen molar-refractivity contribution >= 4 is 45.9 Å². The van der Waals surface area contributed by atoms with Crippen LogP contribution in [0.3, 0.4) is 0 Å². The second-order valence-electron chi connectivity index (χ2n) is 5.49. The minimum absolute atomic E-state index is 0.126. The SMILES string of the molecule is O=C(c1ccc(Cl)s1)[C@H](C(=S)NCc1ccco1)[n+]1cccc(CO)c1. The maximum atomic E-state index is 13.1. The first-order valence-electron chi connectivity index (χ1n) is 7.78. The van der Waals surface area contributed by atoms with E-state index in [1.807, 2.05) is 6.07 Å². The number of aliphatic hydroxyl groups excluding tert-OH is 1. The number of hydrogen-bond acceptors (Lipinski definition) is 5. The van der Waals surface area contributed by atoms with E-state index in [9.17, 15) is 9.90 Å². The van der Waals surface area contributed by atoms with E-state index in [0.717, 1.165) is 0 Å². The zero-order valence-corrected chi connectivity index (χ0v) is 16.0. The van der Waals surface area contributed by atoms with Crippen LogP contribution in [0.1, 0.15) is 27.0 Å². The van der Waals surface area contributed by atoms with Crippen molar-refractivity contribution in [3.05, 3.63) is 75.6 Å². The van der Waals surface area contributed by atoms with Gasteiger partial charge in [0.1, 0.15) is 5.76 Å².